The van der Waals surface area contributed by atoms with E-state index < -0.39 is 5.69 Å². The summed E-state index contributed by atoms with van der Waals surface area (Å²) in [7, 11) is 0. The Morgan fingerprint density at radius 3 is 2.51 bits per heavy atom. The fourth-order valence-electron chi connectivity index (χ4n) is 6.81. The molecule has 1 aliphatic heterocycles. The average molecular weight is 625 g/mol. The van der Waals surface area contributed by atoms with Gasteiger partial charge in [0.25, 0.3) is 0 Å². The summed E-state index contributed by atoms with van der Waals surface area (Å²) in [5.41, 5.74) is 6.41. The summed E-state index contributed by atoms with van der Waals surface area (Å²) in [6.45, 7) is 16.6. The fourth-order valence-corrected chi connectivity index (χ4v) is 7.06. The van der Waals surface area contributed by atoms with Crippen LogP contribution in [0.25, 0.3) is 28.0 Å². The van der Waals surface area contributed by atoms with Gasteiger partial charge in [-0.05, 0) is 74.1 Å². The van der Waals surface area contributed by atoms with Gasteiger partial charge in [-0.25, -0.2) is 14.3 Å². The minimum absolute atomic E-state index is 0.0234. The molecule has 0 spiro atoms. The number of anilines is 1. The zero-order valence-corrected chi connectivity index (χ0v) is 27.3. The van der Waals surface area contributed by atoms with Gasteiger partial charge in [0.2, 0.25) is 5.91 Å². The normalized spacial score (nSPS) is 18.2. The van der Waals surface area contributed by atoms with Crippen molar-refractivity contribution in [1.29, 1.82) is 0 Å². The molecule has 1 aromatic carbocycles. The molecular formula is C35H37ClN6O3. The second-order valence-electron chi connectivity index (χ2n) is 12.6. The number of nitrogens with zero attached hydrogens (tertiary/aromatic N) is 6. The molecule has 1 aliphatic carbocycles. The standard InChI is InChI=1S/C35H37ClN6O3/c1-8-28(44)40-16-22(7)41(17-21(40)6)33-26-15-27(36)31(29-19(4)9-10-23-13-24(43)14-25(23)29)38-34(26)42(35(45)39-33)32-20(5)11-12-37-30(32)18(2)3/h8-12,15,18,21-22H,1,13-14,16-17H2,2-7H3. The number of hydrogen-bond donors (Lipinski definition) is 0. The van der Waals surface area contributed by atoms with Crippen LogP contribution in [0.1, 0.15) is 61.6 Å². The number of ketones is 1. The summed E-state index contributed by atoms with van der Waals surface area (Å²) in [5.74, 6) is 0.515. The number of amides is 1. The number of carbonyl (C=O) groups is 2. The second-order valence-corrected chi connectivity index (χ2v) is 13.0. The number of carbonyl (C=O) groups excluding carboxylic acids is 2. The Bertz CT molecular complexity index is 1970. The summed E-state index contributed by atoms with van der Waals surface area (Å²) < 4.78 is 1.56. The summed E-state index contributed by atoms with van der Waals surface area (Å²) in [4.78, 5) is 57.7. The van der Waals surface area contributed by atoms with Crippen molar-refractivity contribution in [3.8, 4) is 16.9 Å². The van der Waals surface area contributed by atoms with E-state index in [0.717, 1.165) is 33.5 Å². The SMILES string of the molecule is C=CC(=O)N1CC(C)N(c2nc(=O)n(-c3c(C)ccnc3C(C)C)c3nc(-c4c(C)ccc5c4CC(=O)C5)c(Cl)cc23)CC1C. The highest BCUT2D eigenvalue weighted by molar-refractivity contribution is 6.34. The van der Waals surface area contributed by atoms with Crippen molar-refractivity contribution in [2.75, 3.05) is 18.0 Å². The summed E-state index contributed by atoms with van der Waals surface area (Å²) in [5, 5.41) is 1.02. The van der Waals surface area contributed by atoms with Gasteiger partial charge in [0, 0.05) is 49.8 Å². The molecule has 4 heterocycles. The molecule has 0 saturated carbocycles. The van der Waals surface area contributed by atoms with Gasteiger partial charge in [-0.2, -0.15) is 4.98 Å². The van der Waals surface area contributed by atoms with E-state index in [4.69, 9.17) is 16.6 Å². The molecule has 0 N–H and O–H groups in total. The summed E-state index contributed by atoms with van der Waals surface area (Å²) in [6, 6.07) is 7.42. The van der Waals surface area contributed by atoms with Crippen LogP contribution in [0, 0.1) is 13.8 Å². The Balaban J connectivity index is 1.66. The predicted octanol–water partition coefficient (Wildman–Crippen LogP) is 5.52. The number of benzene rings is 1. The molecule has 2 atom stereocenters. The number of aromatic nitrogens is 4. The lowest BCUT2D eigenvalue weighted by molar-refractivity contribution is -0.128. The fraction of sp³-hybridized carbons (Fsp3) is 0.371. The molecule has 1 amide bonds. The molecule has 1 saturated heterocycles. The molecule has 10 heteroatoms. The third-order valence-electron chi connectivity index (χ3n) is 9.06. The van der Waals surface area contributed by atoms with Crippen LogP contribution in [0.5, 0.6) is 0 Å². The predicted molar refractivity (Wildman–Crippen MR) is 178 cm³/mol. The van der Waals surface area contributed by atoms with Crippen molar-refractivity contribution in [2.45, 2.75) is 72.4 Å². The van der Waals surface area contributed by atoms with E-state index >= 15 is 0 Å². The molecular weight excluding hydrogens is 588 g/mol. The molecule has 45 heavy (non-hydrogen) atoms. The van der Waals surface area contributed by atoms with Gasteiger partial charge in [-0.3, -0.25) is 14.6 Å². The number of hydrogen-bond acceptors (Lipinski definition) is 7. The van der Waals surface area contributed by atoms with Gasteiger partial charge >= 0.3 is 5.69 Å². The molecule has 9 nitrogen and oxygen atoms in total. The first-order chi connectivity index (χ1) is 21.4. The van der Waals surface area contributed by atoms with E-state index in [2.05, 4.69) is 21.4 Å². The number of rotatable bonds is 5. The Morgan fingerprint density at radius 1 is 1.04 bits per heavy atom. The highest BCUT2D eigenvalue weighted by atomic mass is 35.5. The largest absolute Gasteiger partial charge is 0.355 e. The lowest BCUT2D eigenvalue weighted by Crippen LogP contribution is -2.58. The summed E-state index contributed by atoms with van der Waals surface area (Å²) in [6.07, 6.45) is 3.78. The zero-order chi connectivity index (χ0) is 32.3. The Labute approximate surface area is 267 Å². The van der Waals surface area contributed by atoms with Crippen LogP contribution in [0.15, 0.2) is 47.9 Å². The van der Waals surface area contributed by atoms with Gasteiger partial charge in [0.15, 0.2) is 5.65 Å². The van der Waals surface area contributed by atoms with Crippen LogP contribution in [0.4, 0.5) is 5.82 Å². The Morgan fingerprint density at radius 2 is 1.80 bits per heavy atom. The lowest BCUT2D eigenvalue weighted by atomic mass is 9.95. The second kappa shape index (κ2) is 11.5. The first kappa shape index (κ1) is 30.6. The maximum atomic E-state index is 14.3. The van der Waals surface area contributed by atoms with E-state index in [9.17, 15) is 14.4 Å². The van der Waals surface area contributed by atoms with Crippen LogP contribution in [-0.4, -0.2) is 61.3 Å². The minimum Gasteiger partial charge on any atom is -0.349 e. The maximum Gasteiger partial charge on any atom is 0.355 e. The van der Waals surface area contributed by atoms with Crippen molar-refractivity contribution in [3.05, 3.63) is 86.6 Å². The average Bonchev–Trinajstić information content (AvgIpc) is 3.38. The molecule has 2 aliphatic rings. The quantitative estimate of drug-likeness (QED) is 0.270. The molecule has 2 unspecified atom stereocenters. The van der Waals surface area contributed by atoms with E-state index in [1.54, 1.807) is 15.7 Å². The van der Waals surface area contributed by atoms with Gasteiger partial charge in [-0.1, -0.05) is 44.2 Å². The number of Topliss-reactive ketones (excluding diaryl/α,β-unsaturated/α-hetero) is 1. The number of fused-ring (bicyclic) bond motifs is 2. The van der Waals surface area contributed by atoms with Gasteiger partial charge in [0.05, 0.1) is 27.5 Å². The van der Waals surface area contributed by atoms with Crippen molar-refractivity contribution < 1.29 is 9.59 Å². The monoisotopic (exact) mass is 624 g/mol. The van der Waals surface area contributed by atoms with E-state index in [-0.39, 0.29) is 29.7 Å². The molecule has 232 valence electrons. The number of halogens is 1. The molecule has 3 aromatic heterocycles. The Kier molecular flexibility index (Phi) is 7.85. The number of pyridine rings is 2. The number of aryl methyl sites for hydroxylation is 2. The van der Waals surface area contributed by atoms with Crippen LogP contribution in [0.2, 0.25) is 5.02 Å². The van der Waals surface area contributed by atoms with Crippen molar-refractivity contribution >= 4 is 40.1 Å². The molecule has 1 fully saturated rings. The first-order valence-corrected chi connectivity index (χ1v) is 15.7. The smallest absolute Gasteiger partial charge is 0.349 e. The number of piperazine rings is 1. The van der Waals surface area contributed by atoms with Crippen LogP contribution >= 0.6 is 11.6 Å². The van der Waals surface area contributed by atoms with E-state index in [1.807, 2.05) is 65.8 Å². The first-order valence-electron chi connectivity index (χ1n) is 15.3. The molecule has 0 radical (unpaired) electrons. The third kappa shape index (κ3) is 5.13. The van der Waals surface area contributed by atoms with Crippen LogP contribution in [-0.2, 0) is 22.4 Å². The highest BCUT2D eigenvalue weighted by Gasteiger charge is 2.34. The zero-order valence-electron chi connectivity index (χ0n) is 26.5. The summed E-state index contributed by atoms with van der Waals surface area (Å²) >= 11 is 7.10. The third-order valence-corrected chi connectivity index (χ3v) is 9.35. The molecule has 0 bridgehead atoms. The van der Waals surface area contributed by atoms with Gasteiger partial charge in [0.1, 0.15) is 11.6 Å². The van der Waals surface area contributed by atoms with Gasteiger partial charge in [-0.15, -0.1) is 0 Å². The maximum absolute atomic E-state index is 14.3. The Hall–Kier alpha value is -4.37. The van der Waals surface area contributed by atoms with E-state index in [1.165, 1.54) is 6.08 Å². The van der Waals surface area contributed by atoms with Crippen LogP contribution in [0.3, 0.4) is 0 Å². The molecule has 6 rings (SSSR count). The van der Waals surface area contributed by atoms with Gasteiger partial charge < -0.3 is 9.80 Å². The van der Waals surface area contributed by atoms with Crippen molar-refractivity contribution in [1.82, 2.24) is 24.4 Å². The van der Waals surface area contributed by atoms with Crippen molar-refractivity contribution in [3.63, 3.8) is 0 Å². The van der Waals surface area contributed by atoms with Crippen molar-refractivity contribution in [2.24, 2.45) is 0 Å². The highest BCUT2D eigenvalue weighted by Crippen LogP contribution is 2.40. The van der Waals surface area contributed by atoms with E-state index in [0.29, 0.717) is 59.2 Å². The topological polar surface area (TPSA) is 101 Å². The lowest BCUT2D eigenvalue weighted by Gasteiger charge is -2.44. The molecule has 4 aromatic rings. The minimum atomic E-state index is -0.481. The van der Waals surface area contributed by atoms with Crippen LogP contribution < -0.4 is 10.6 Å².